The summed E-state index contributed by atoms with van der Waals surface area (Å²) in [6, 6.07) is 9.07. The van der Waals surface area contributed by atoms with Gasteiger partial charge >= 0.3 is 0 Å². The summed E-state index contributed by atoms with van der Waals surface area (Å²) in [6.45, 7) is 5.35. The highest BCUT2D eigenvalue weighted by molar-refractivity contribution is 5.85. The van der Waals surface area contributed by atoms with Gasteiger partial charge in [0.1, 0.15) is 0 Å². The molecule has 0 spiro atoms. The van der Waals surface area contributed by atoms with Gasteiger partial charge in [0.2, 0.25) is 11.8 Å². The molecule has 118 valence electrons. The number of rotatable bonds is 6. The number of carbonyl (C=O) groups is 2. The van der Waals surface area contributed by atoms with Crippen LogP contribution in [-0.2, 0) is 9.59 Å². The molecule has 1 rings (SSSR count). The van der Waals surface area contributed by atoms with Gasteiger partial charge in [-0.25, -0.2) is 0 Å². The number of nitrogens with two attached hydrogens (primary N) is 2. The van der Waals surface area contributed by atoms with Crippen molar-refractivity contribution in [2.24, 2.45) is 22.8 Å². The molecule has 5 N–H and O–H groups in total. The zero-order valence-corrected chi connectivity index (χ0v) is 13.4. The molecular formula is C15H24ClN3O2. The Labute approximate surface area is 131 Å². The lowest BCUT2D eigenvalue weighted by Crippen LogP contribution is -2.45. The molecule has 21 heavy (non-hydrogen) atoms. The summed E-state index contributed by atoms with van der Waals surface area (Å²) in [4.78, 5) is 23.3. The Kier molecular flexibility index (Phi) is 7.39. The van der Waals surface area contributed by atoms with Gasteiger partial charge in [0, 0.05) is 12.6 Å². The predicted octanol–water partition coefficient (Wildman–Crippen LogP) is 1.37. The van der Waals surface area contributed by atoms with Gasteiger partial charge in [0.05, 0.1) is 11.3 Å². The van der Waals surface area contributed by atoms with Gasteiger partial charge < -0.3 is 16.8 Å². The van der Waals surface area contributed by atoms with E-state index in [1.54, 1.807) is 20.8 Å². The number of carbonyl (C=O) groups excluding carboxylic acids is 2. The highest BCUT2D eigenvalue weighted by Gasteiger charge is 2.28. The Balaban J connectivity index is 0.00000400. The SMILES string of the molecule is CC(C(=O)NCC(C)(C)C(N)=O)C(N)c1ccccc1.Cl. The number of nitrogens with one attached hydrogen (secondary N) is 1. The smallest absolute Gasteiger partial charge is 0.224 e. The van der Waals surface area contributed by atoms with E-state index in [-0.39, 0.29) is 36.8 Å². The van der Waals surface area contributed by atoms with Crippen molar-refractivity contribution in [3.63, 3.8) is 0 Å². The van der Waals surface area contributed by atoms with Crippen LogP contribution >= 0.6 is 12.4 Å². The number of halogens is 1. The van der Waals surface area contributed by atoms with E-state index in [1.165, 1.54) is 0 Å². The van der Waals surface area contributed by atoms with Crippen LogP contribution in [0.2, 0.25) is 0 Å². The summed E-state index contributed by atoms with van der Waals surface area (Å²) in [5.41, 5.74) is 11.5. The fourth-order valence-corrected chi connectivity index (χ4v) is 1.68. The summed E-state index contributed by atoms with van der Waals surface area (Å²) < 4.78 is 0. The summed E-state index contributed by atoms with van der Waals surface area (Å²) in [6.07, 6.45) is 0. The third-order valence-electron chi connectivity index (χ3n) is 3.51. The first-order chi connectivity index (χ1) is 9.25. The van der Waals surface area contributed by atoms with Crippen LogP contribution in [0.4, 0.5) is 0 Å². The van der Waals surface area contributed by atoms with Gasteiger partial charge in [0.25, 0.3) is 0 Å². The van der Waals surface area contributed by atoms with Crippen LogP contribution in [-0.4, -0.2) is 18.4 Å². The molecule has 1 aromatic carbocycles. The standard InChI is InChI=1S/C15H23N3O2.ClH/c1-10(12(16)11-7-5-4-6-8-11)13(19)18-9-15(2,3)14(17)20;/h4-8,10,12H,9,16H2,1-3H3,(H2,17,20)(H,18,19);1H. The van der Waals surface area contributed by atoms with E-state index in [0.29, 0.717) is 0 Å². The van der Waals surface area contributed by atoms with Crippen LogP contribution in [0.15, 0.2) is 30.3 Å². The second-order valence-electron chi connectivity index (χ2n) is 5.69. The molecule has 0 aliphatic heterocycles. The van der Waals surface area contributed by atoms with E-state index in [2.05, 4.69) is 5.32 Å². The minimum Gasteiger partial charge on any atom is -0.369 e. The van der Waals surface area contributed by atoms with E-state index in [4.69, 9.17) is 11.5 Å². The lowest BCUT2D eigenvalue weighted by Gasteiger charge is -2.24. The largest absolute Gasteiger partial charge is 0.369 e. The zero-order valence-electron chi connectivity index (χ0n) is 12.6. The molecule has 0 aromatic heterocycles. The van der Waals surface area contributed by atoms with Crippen molar-refractivity contribution in [3.05, 3.63) is 35.9 Å². The quantitative estimate of drug-likeness (QED) is 0.739. The van der Waals surface area contributed by atoms with E-state index in [1.807, 2.05) is 30.3 Å². The van der Waals surface area contributed by atoms with Crippen molar-refractivity contribution in [1.29, 1.82) is 0 Å². The van der Waals surface area contributed by atoms with Gasteiger partial charge in [-0.1, -0.05) is 37.3 Å². The van der Waals surface area contributed by atoms with Crippen molar-refractivity contribution in [3.8, 4) is 0 Å². The molecule has 0 saturated heterocycles. The van der Waals surface area contributed by atoms with E-state index in [0.717, 1.165) is 5.56 Å². The number of primary amides is 1. The summed E-state index contributed by atoms with van der Waals surface area (Å²) in [5, 5.41) is 2.73. The molecular weight excluding hydrogens is 290 g/mol. The molecule has 0 heterocycles. The first-order valence-electron chi connectivity index (χ1n) is 6.64. The average Bonchev–Trinajstić information content (AvgIpc) is 2.44. The van der Waals surface area contributed by atoms with E-state index in [9.17, 15) is 9.59 Å². The third-order valence-corrected chi connectivity index (χ3v) is 3.51. The Morgan fingerprint density at radius 3 is 2.24 bits per heavy atom. The van der Waals surface area contributed by atoms with Crippen LogP contribution in [0.3, 0.4) is 0 Å². The molecule has 1 aromatic rings. The Morgan fingerprint density at radius 1 is 1.24 bits per heavy atom. The fourth-order valence-electron chi connectivity index (χ4n) is 1.68. The first-order valence-corrected chi connectivity index (χ1v) is 6.64. The monoisotopic (exact) mass is 313 g/mol. The molecule has 0 saturated carbocycles. The fraction of sp³-hybridized carbons (Fsp3) is 0.467. The Hall–Kier alpha value is -1.59. The maximum absolute atomic E-state index is 12.1. The van der Waals surface area contributed by atoms with Gasteiger partial charge in [-0.05, 0) is 19.4 Å². The summed E-state index contributed by atoms with van der Waals surface area (Å²) in [7, 11) is 0. The first kappa shape index (κ1) is 19.4. The highest BCUT2D eigenvalue weighted by Crippen LogP contribution is 2.19. The topological polar surface area (TPSA) is 98.2 Å². The number of hydrogen-bond donors (Lipinski definition) is 3. The molecule has 0 aliphatic carbocycles. The normalized spacial score (nSPS) is 13.7. The van der Waals surface area contributed by atoms with Crippen molar-refractivity contribution < 1.29 is 9.59 Å². The van der Waals surface area contributed by atoms with Crippen molar-refractivity contribution in [2.45, 2.75) is 26.8 Å². The summed E-state index contributed by atoms with van der Waals surface area (Å²) >= 11 is 0. The maximum Gasteiger partial charge on any atom is 0.224 e. The number of hydrogen-bond acceptors (Lipinski definition) is 3. The highest BCUT2D eigenvalue weighted by atomic mass is 35.5. The van der Waals surface area contributed by atoms with Crippen LogP contribution < -0.4 is 16.8 Å². The average molecular weight is 314 g/mol. The van der Waals surface area contributed by atoms with Gasteiger partial charge in [-0.15, -0.1) is 12.4 Å². The van der Waals surface area contributed by atoms with E-state index >= 15 is 0 Å². The maximum atomic E-state index is 12.1. The third kappa shape index (κ3) is 5.36. The van der Waals surface area contributed by atoms with Crippen LogP contribution in [0.1, 0.15) is 32.4 Å². The van der Waals surface area contributed by atoms with E-state index < -0.39 is 11.3 Å². The van der Waals surface area contributed by atoms with Gasteiger partial charge in [-0.2, -0.15) is 0 Å². The lowest BCUT2D eigenvalue weighted by atomic mass is 9.91. The minimum atomic E-state index is -0.772. The molecule has 5 nitrogen and oxygen atoms in total. The summed E-state index contributed by atoms with van der Waals surface area (Å²) in [5.74, 6) is -1.02. The molecule has 6 heteroatoms. The minimum absolute atomic E-state index is 0. The molecule has 2 amide bonds. The predicted molar refractivity (Wildman–Crippen MR) is 85.8 cm³/mol. The van der Waals surface area contributed by atoms with Crippen LogP contribution in [0.5, 0.6) is 0 Å². The molecule has 2 unspecified atom stereocenters. The second kappa shape index (κ2) is 8.00. The number of amides is 2. The van der Waals surface area contributed by atoms with Gasteiger partial charge in [-0.3, -0.25) is 9.59 Å². The van der Waals surface area contributed by atoms with Crippen LogP contribution in [0, 0.1) is 11.3 Å². The Morgan fingerprint density at radius 2 is 1.76 bits per heavy atom. The molecule has 0 radical (unpaired) electrons. The molecule has 2 atom stereocenters. The van der Waals surface area contributed by atoms with Crippen molar-refractivity contribution >= 4 is 24.2 Å². The molecule has 0 aliphatic rings. The number of benzene rings is 1. The Bertz CT molecular complexity index is 477. The second-order valence-corrected chi connectivity index (χ2v) is 5.69. The van der Waals surface area contributed by atoms with Gasteiger partial charge in [0.15, 0.2) is 0 Å². The lowest BCUT2D eigenvalue weighted by molar-refractivity contribution is -0.128. The molecule has 0 fully saturated rings. The zero-order chi connectivity index (χ0) is 15.3. The van der Waals surface area contributed by atoms with Crippen LogP contribution in [0.25, 0.3) is 0 Å². The molecule has 0 bridgehead atoms. The van der Waals surface area contributed by atoms with Crippen molar-refractivity contribution in [2.75, 3.05) is 6.54 Å². The van der Waals surface area contributed by atoms with Crippen molar-refractivity contribution in [1.82, 2.24) is 5.32 Å².